The number of aliphatic imine (C=N–C) groups is 2. The Bertz CT molecular complexity index is 2080. The van der Waals surface area contributed by atoms with Crippen LogP contribution in [-0.4, -0.2) is 11.8 Å². The summed E-state index contributed by atoms with van der Waals surface area (Å²) < 4.78 is 15.2. The lowest BCUT2D eigenvalue weighted by Crippen LogP contribution is -2.42. The Kier molecular flexibility index (Phi) is 8.65. The molecule has 6 aromatic rings. The molecule has 53 heavy (non-hydrogen) atoms. The second-order valence-electron chi connectivity index (χ2n) is 15.1. The van der Waals surface area contributed by atoms with Crippen LogP contribution in [0.15, 0.2) is 168 Å². The standard InChI is InChI=1S/C49H46N2O2/c1-33-21-13-17-29-39(33)48(40-30-18-14-22-34(40)2)43(37-25-9-7-10-26-37)50-45(52-48)47(5,6)46-51-44(38-27-11-8-12-28-38)49(53-46,41-31-19-15-23-35(41)3)42-32-20-16-24-36(42)4/h7-32,43-44H,1-6H3/t43-,44-/m1/s1. The van der Waals surface area contributed by atoms with E-state index in [2.05, 4.69) is 199 Å². The molecule has 0 bridgehead atoms. The van der Waals surface area contributed by atoms with Gasteiger partial charge in [0.25, 0.3) is 0 Å². The van der Waals surface area contributed by atoms with Gasteiger partial charge in [-0.1, -0.05) is 158 Å². The van der Waals surface area contributed by atoms with Crippen LogP contribution in [-0.2, 0) is 20.7 Å². The molecular formula is C49H46N2O2. The first-order valence-corrected chi connectivity index (χ1v) is 18.6. The zero-order chi connectivity index (χ0) is 36.8. The summed E-state index contributed by atoms with van der Waals surface area (Å²) >= 11 is 0. The molecule has 8 rings (SSSR count). The van der Waals surface area contributed by atoms with Crippen molar-refractivity contribution >= 4 is 11.8 Å². The highest BCUT2D eigenvalue weighted by molar-refractivity contribution is 6.06. The van der Waals surface area contributed by atoms with Gasteiger partial charge in [0.2, 0.25) is 11.8 Å². The molecular weight excluding hydrogens is 649 g/mol. The van der Waals surface area contributed by atoms with Crippen LogP contribution in [0.5, 0.6) is 0 Å². The summed E-state index contributed by atoms with van der Waals surface area (Å²) in [4.78, 5) is 11.2. The Balaban J connectivity index is 1.36. The average molecular weight is 695 g/mol. The van der Waals surface area contributed by atoms with Gasteiger partial charge in [-0.15, -0.1) is 0 Å². The van der Waals surface area contributed by atoms with Crippen LogP contribution in [0, 0.1) is 33.1 Å². The van der Waals surface area contributed by atoms with E-state index in [4.69, 9.17) is 19.5 Å². The third-order valence-corrected chi connectivity index (χ3v) is 11.3. The van der Waals surface area contributed by atoms with E-state index in [0.717, 1.165) is 55.6 Å². The highest BCUT2D eigenvalue weighted by Crippen LogP contribution is 2.57. The molecule has 6 aromatic carbocycles. The molecule has 2 aliphatic rings. The number of benzene rings is 6. The first kappa shape index (κ1) is 34.4. The van der Waals surface area contributed by atoms with Gasteiger partial charge in [0.1, 0.15) is 17.5 Å². The Hall–Kier alpha value is -5.74. The van der Waals surface area contributed by atoms with Crippen LogP contribution in [0.4, 0.5) is 0 Å². The predicted molar refractivity (Wildman–Crippen MR) is 215 cm³/mol. The van der Waals surface area contributed by atoms with Crippen LogP contribution < -0.4 is 0 Å². The van der Waals surface area contributed by atoms with E-state index in [-0.39, 0.29) is 12.1 Å². The Morgan fingerprint density at radius 3 is 0.943 bits per heavy atom. The van der Waals surface area contributed by atoms with Crippen LogP contribution in [0.2, 0.25) is 0 Å². The minimum Gasteiger partial charge on any atom is -0.461 e. The van der Waals surface area contributed by atoms with Crippen LogP contribution >= 0.6 is 0 Å². The van der Waals surface area contributed by atoms with Crippen molar-refractivity contribution in [3.63, 3.8) is 0 Å². The van der Waals surface area contributed by atoms with Crippen molar-refractivity contribution in [1.82, 2.24) is 0 Å². The molecule has 0 fully saturated rings. The van der Waals surface area contributed by atoms with Gasteiger partial charge in [-0.25, -0.2) is 9.98 Å². The van der Waals surface area contributed by atoms with Crippen LogP contribution in [0.25, 0.3) is 0 Å². The van der Waals surface area contributed by atoms with Crippen molar-refractivity contribution in [3.05, 3.63) is 213 Å². The number of rotatable bonds is 8. The van der Waals surface area contributed by atoms with Crippen LogP contribution in [0.1, 0.15) is 81.6 Å². The molecule has 0 spiro atoms. The molecule has 0 aliphatic carbocycles. The maximum atomic E-state index is 7.58. The normalized spacial score (nSPS) is 18.8. The third-order valence-electron chi connectivity index (χ3n) is 11.3. The lowest BCUT2D eigenvalue weighted by atomic mass is 9.75. The molecule has 2 aliphatic heterocycles. The maximum Gasteiger partial charge on any atom is 0.200 e. The van der Waals surface area contributed by atoms with Crippen LogP contribution in [0.3, 0.4) is 0 Å². The second kappa shape index (κ2) is 13.3. The number of ether oxygens (including phenoxy) is 2. The van der Waals surface area contributed by atoms with E-state index >= 15 is 0 Å². The van der Waals surface area contributed by atoms with Crippen molar-refractivity contribution in [2.24, 2.45) is 15.4 Å². The zero-order valence-electron chi connectivity index (χ0n) is 31.4. The van der Waals surface area contributed by atoms with Gasteiger partial charge in [0.05, 0.1) is 0 Å². The quantitative estimate of drug-likeness (QED) is 0.159. The number of nitrogens with zero attached hydrogens (tertiary/aromatic N) is 2. The van der Waals surface area contributed by atoms with Gasteiger partial charge in [-0.3, -0.25) is 0 Å². The van der Waals surface area contributed by atoms with Gasteiger partial charge >= 0.3 is 0 Å². The van der Waals surface area contributed by atoms with Crippen molar-refractivity contribution in [3.8, 4) is 0 Å². The largest absolute Gasteiger partial charge is 0.461 e. The van der Waals surface area contributed by atoms with Crippen molar-refractivity contribution in [2.75, 3.05) is 0 Å². The molecule has 0 saturated carbocycles. The minimum atomic E-state index is -0.939. The Morgan fingerprint density at radius 2 is 0.660 bits per heavy atom. The molecule has 0 radical (unpaired) electrons. The monoisotopic (exact) mass is 694 g/mol. The molecule has 0 amide bonds. The summed E-state index contributed by atoms with van der Waals surface area (Å²) in [5.41, 5.74) is 8.33. The first-order valence-electron chi connectivity index (χ1n) is 18.6. The molecule has 2 atom stereocenters. The second-order valence-corrected chi connectivity index (χ2v) is 15.1. The highest BCUT2D eigenvalue weighted by Gasteiger charge is 2.59. The number of hydrogen-bond acceptors (Lipinski definition) is 4. The van der Waals surface area contributed by atoms with E-state index in [1.165, 1.54) is 0 Å². The summed E-state index contributed by atoms with van der Waals surface area (Å²) in [6.45, 7) is 12.9. The summed E-state index contributed by atoms with van der Waals surface area (Å²) in [6.07, 6.45) is 0. The fourth-order valence-corrected chi connectivity index (χ4v) is 8.50. The topological polar surface area (TPSA) is 43.2 Å². The SMILES string of the molecule is Cc1ccccc1C1(c2ccccc2C)OC(C(C)(C)C2=N[C@H](c3ccccc3)C(c3ccccc3C)(c3ccccc3C)O2)=N[C@@H]1c1ccccc1. The van der Waals surface area contributed by atoms with E-state index in [1.54, 1.807) is 0 Å². The molecule has 0 unspecified atom stereocenters. The average Bonchev–Trinajstić information content (AvgIpc) is 3.79. The highest BCUT2D eigenvalue weighted by atomic mass is 16.5. The fraction of sp³-hybridized carbons (Fsp3) is 0.224. The van der Waals surface area contributed by atoms with Crippen molar-refractivity contribution < 1.29 is 9.47 Å². The summed E-state index contributed by atoms with van der Waals surface area (Å²) in [6, 6.07) is 54.5. The lowest BCUT2D eigenvalue weighted by Gasteiger charge is -2.39. The van der Waals surface area contributed by atoms with E-state index < -0.39 is 16.6 Å². The molecule has 0 N–H and O–H groups in total. The third kappa shape index (κ3) is 5.51. The molecule has 0 aromatic heterocycles. The number of aryl methyl sites for hydroxylation is 4. The van der Waals surface area contributed by atoms with Crippen molar-refractivity contribution in [1.29, 1.82) is 0 Å². The lowest BCUT2D eigenvalue weighted by molar-refractivity contribution is 0.0720. The minimum absolute atomic E-state index is 0.371. The van der Waals surface area contributed by atoms with Gasteiger partial charge < -0.3 is 9.47 Å². The van der Waals surface area contributed by atoms with Crippen molar-refractivity contribution in [2.45, 2.75) is 64.8 Å². The van der Waals surface area contributed by atoms with Gasteiger partial charge in [0.15, 0.2) is 11.2 Å². The van der Waals surface area contributed by atoms with Gasteiger partial charge in [-0.2, -0.15) is 0 Å². The number of hydrogen-bond donors (Lipinski definition) is 0. The van der Waals surface area contributed by atoms with Gasteiger partial charge in [0, 0.05) is 22.3 Å². The summed E-state index contributed by atoms with van der Waals surface area (Å²) in [7, 11) is 0. The maximum absolute atomic E-state index is 7.58. The van der Waals surface area contributed by atoms with E-state index in [1.807, 2.05) is 0 Å². The molecule has 4 heteroatoms. The fourth-order valence-electron chi connectivity index (χ4n) is 8.50. The Labute approximate surface area is 313 Å². The smallest absolute Gasteiger partial charge is 0.200 e. The van der Waals surface area contributed by atoms with Gasteiger partial charge in [-0.05, 0) is 74.9 Å². The summed E-state index contributed by atoms with van der Waals surface area (Å²) in [5.74, 6) is 1.18. The summed E-state index contributed by atoms with van der Waals surface area (Å²) in [5, 5.41) is 0. The molecule has 2 heterocycles. The first-order chi connectivity index (χ1) is 25.7. The Morgan fingerprint density at radius 1 is 0.396 bits per heavy atom. The van der Waals surface area contributed by atoms with E-state index in [0.29, 0.717) is 11.8 Å². The zero-order valence-corrected chi connectivity index (χ0v) is 31.4. The van der Waals surface area contributed by atoms with E-state index in [9.17, 15) is 0 Å². The molecule has 0 saturated heterocycles. The molecule has 264 valence electrons. The predicted octanol–water partition coefficient (Wildman–Crippen LogP) is 11.5. The molecule has 4 nitrogen and oxygen atoms in total.